The molecular formula is C13H18N2O2S. The lowest BCUT2D eigenvalue weighted by Crippen LogP contribution is -2.45. The topological polar surface area (TPSA) is 62.2 Å². The van der Waals surface area contributed by atoms with E-state index in [1.807, 2.05) is 12.1 Å². The molecule has 5 heteroatoms. The first-order valence-corrected chi connectivity index (χ1v) is 7.24. The molecule has 1 aliphatic rings. The van der Waals surface area contributed by atoms with Crippen molar-refractivity contribution in [2.24, 2.45) is 0 Å². The summed E-state index contributed by atoms with van der Waals surface area (Å²) in [5, 5.41) is 12.7. The van der Waals surface area contributed by atoms with Crippen molar-refractivity contribution in [3.05, 3.63) is 24.5 Å². The summed E-state index contributed by atoms with van der Waals surface area (Å²) in [4.78, 5) is 16.7. The SMILES string of the molecule is O=C(CSc1ccncc1)NC1CCCCC1O. The number of aromatic nitrogens is 1. The summed E-state index contributed by atoms with van der Waals surface area (Å²) >= 11 is 1.48. The summed E-state index contributed by atoms with van der Waals surface area (Å²) in [6, 6.07) is 3.70. The van der Waals surface area contributed by atoms with E-state index in [2.05, 4.69) is 10.3 Å². The van der Waals surface area contributed by atoms with Crippen LogP contribution >= 0.6 is 11.8 Å². The molecule has 98 valence electrons. The Hall–Kier alpha value is -1.07. The molecule has 1 aliphatic carbocycles. The molecule has 1 aromatic rings. The molecule has 1 saturated carbocycles. The fraction of sp³-hybridized carbons (Fsp3) is 0.538. The Morgan fingerprint density at radius 3 is 2.83 bits per heavy atom. The summed E-state index contributed by atoms with van der Waals surface area (Å²) < 4.78 is 0. The van der Waals surface area contributed by atoms with Gasteiger partial charge in [0.1, 0.15) is 0 Å². The number of carbonyl (C=O) groups is 1. The maximum absolute atomic E-state index is 11.8. The first-order valence-electron chi connectivity index (χ1n) is 6.26. The molecular weight excluding hydrogens is 248 g/mol. The molecule has 2 rings (SSSR count). The van der Waals surface area contributed by atoms with Crippen molar-refractivity contribution in [2.45, 2.75) is 42.7 Å². The lowest BCUT2D eigenvalue weighted by atomic mass is 9.93. The molecule has 2 N–H and O–H groups in total. The second-order valence-electron chi connectivity index (χ2n) is 4.50. The fourth-order valence-electron chi connectivity index (χ4n) is 2.11. The number of nitrogens with zero attached hydrogens (tertiary/aromatic N) is 1. The summed E-state index contributed by atoms with van der Waals surface area (Å²) in [6.45, 7) is 0. The van der Waals surface area contributed by atoms with Crippen LogP contribution in [0.1, 0.15) is 25.7 Å². The van der Waals surface area contributed by atoms with Gasteiger partial charge in [0.15, 0.2) is 0 Å². The third-order valence-electron chi connectivity index (χ3n) is 3.10. The number of hydrogen-bond donors (Lipinski definition) is 2. The minimum atomic E-state index is -0.381. The largest absolute Gasteiger partial charge is 0.391 e. The lowest BCUT2D eigenvalue weighted by molar-refractivity contribution is -0.120. The highest BCUT2D eigenvalue weighted by Crippen LogP contribution is 2.19. The molecule has 4 nitrogen and oxygen atoms in total. The maximum Gasteiger partial charge on any atom is 0.230 e. The number of amides is 1. The van der Waals surface area contributed by atoms with Crippen LogP contribution in [0.2, 0.25) is 0 Å². The van der Waals surface area contributed by atoms with Gasteiger partial charge in [0, 0.05) is 17.3 Å². The van der Waals surface area contributed by atoms with E-state index in [0.29, 0.717) is 5.75 Å². The molecule has 2 atom stereocenters. The van der Waals surface area contributed by atoms with Gasteiger partial charge in [0.25, 0.3) is 0 Å². The average molecular weight is 266 g/mol. The monoisotopic (exact) mass is 266 g/mol. The highest BCUT2D eigenvalue weighted by Gasteiger charge is 2.24. The van der Waals surface area contributed by atoms with Gasteiger partial charge in [0.05, 0.1) is 17.9 Å². The molecule has 18 heavy (non-hydrogen) atoms. The Labute approximate surface area is 111 Å². The normalized spacial score (nSPS) is 23.6. The van der Waals surface area contributed by atoms with Crippen molar-refractivity contribution < 1.29 is 9.90 Å². The minimum Gasteiger partial charge on any atom is -0.391 e. The second-order valence-corrected chi connectivity index (χ2v) is 5.55. The van der Waals surface area contributed by atoms with Crippen LogP contribution in [0, 0.1) is 0 Å². The maximum atomic E-state index is 11.8. The molecule has 0 spiro atoms. The number of nitrogens with one attached hydrogen (secondary N) is 1. The van der Waals surface area contributed by atoms with Gasteiger partial charge in [-0.05, 0) is 25.0 Å². The first-order chi connectivity index (χ1) is 8.75. The summed E-state index contributed by atoms with van der Waals surface area (Å²) in [6.07, 6.45) is 6.86. The Balaban J connectivity index is 1.75. The molecule has 1 heterocycles. The second kappa shape index (κ2) is 6.75. The van der Waals surface area contributed by atoms with Crippen LogP contribution in [0.25, 0.3) is 0 Å². The summed E-state index contributed by atoms with van der Waals surface area (Å²) in [5.41, 5.74) is 0. The Morgan fingerprint density at radius 2 is 2.11 bits per heavy atom. The predicted octanol–water partition coefficient (Wildman–Crippen LogP) is 1.59. The zero-order valence-electron chi connectivity index (χ0n) is 10.2. The van der Waals surface area contributed by atoms with Crippen LogP contribution in [0.4, 0.5) is 0 Å². The van der Waals surface area contributed by atoms with Crippen LogP contribution in [-0.4, -0.2) is 33.9 Å². The molecule has 0 bridgehead atoms. The molecule has 2 unspecified atom stereocenters. The zero-order chi connectivity index (χ0) is 12.8. The van der Waals surface area contributed by atoms with E-state index in [9.17, 15) is 9.90 Å². The number of pyridine rings is 1. The number of aliphatic hydroxyl groups excluding tert-OH is 1. The highest BCUT2D eigenvalue weighted by molar-refractivity contribution is 8.00. The van der Waals surface area contributed by atoms with Crippen LogP contribution in [0.15, 0.2) is 29.4 Å². The van der Waals surface area contributed by atoms with Crippen LogP contribution < -0.4 is 5.32 Å². The third kappa shape index (κ3) is 3.99. The van der Waals surface area contributed by atoms with E-state index in [-0.39, 0.29) is 18.1 Å². The zero-order valence-corrected chi connectivity index (χ0v) is 11.0. The third-order valence-corrected chi connectivity index (χ3v) is 4.11. The van der Waals surface area contributed by atoms with Crippen LogP contribution in [0.5, 0.6) is 0 Å². The Bertz CT molecular complexity index is 386. The van der Waals surface area contributed by atoms with Crippen LogP contribution in [0.3, 0.4) is 0 Å². The number of carbonyl (C=O) groups excluding carboxylic acids is 1. The van der Waals surface area contributed by atoms with Gasteiger partial charge in [-0.25, -0.2) is 0 Å². The Morgan fingerprint density at radius 1 is 1.39 bits per heavy atom. The number of rotatable bonds is 4. The van der Waals surface area contributed by atoms with Crippen molar-refractivity contribution in [3.63, 3.8) is 0 Å². The summed E-state index contributed by atoms with van der Waals surface area (Å²) in [7, 11) is 0. The van der Waals surface area contributed by atoms with Gasteiger partial charge < -0.3 is 10.4 Å². The molecule has 1 amide bonds. The van der Waals surface area contributed by atoms with Gasteiger partial charge in [0.2, 0.25) is 5.91 Å². The summed E-state index contributed by atoms with van der Waals surface area (Å²) in [5.74, 6) is 0.371. The van der Waals surface area contributed by atoms with E-state index >= 15 is 0 Å². The average Bonchev–Trinajstić information content (AvgIpc) is 2.40. The van der Waals surface area contributed by atoms with E-state index < -0.39 is 0 Å². The van der Waals surface area contributed by atoms with Crippen molar-refractivity contribution in [1.29, 1.82) is 0 Å². The van der Waals surface area contributed by atoms with Crippen molar-refractivity contribution in [1.82, 2.24) is 10.3 Å². The quantitative estimate of drug-likeness (QED) is 0.813. The molecule has 0 saturated heterocycles. The van der Waals surface area contributed by atoms with E-state index in [1.165, 1.54) is 11.8 Å². The van der Waals surface area contributed by atoms with Gasteiger partial charge in [-0.15, -0.1) is 11.8 Å². The molecule has 1 aromatic heterocycles. The fourth-order valence-corrected chi connectivity index (χ4v) is 2.81. The van der Waals surface area contributed by atoms with Crippen molar-refractivity contribution >= 4 is 17.7 Å². The highest BCUT2D eigenvalue weighted by atomic mass is 32.2. The van der Waals surface area contributed by atoms with Gasteiger partial charge >= 0.3 is 0 Å². The molecule has 0 radical (unpaired) electrons. The minimum absolute atomic E-state index is 0.0113. The number of hydrogen-bond acceptors (Lipinski definition) is 4. The van der Waals surface area contributed by atoms with Gasteiger partial charge in [-0.2, -0.15) is 0 Å². The molecule has 1 fully saturated rings. The molecule has 0 aromatic carbocycles. The van der Waals surface area contributed by atoms with Crippen LogP contribution in [-0.2, 0) is 4.79 Å². The van der Waals surface area contributed by atoms with E-state index in [1.54, 1.807) is 12.4 Å². The molecule has 0 aliphatic heterocycles. The van der Waals surface area contributed by atoms with E-state index in [4.69, 9.17) is 0 Å². The smallest absolute Gasteiger partial charge is 0.230 e. The Kier molecular flexibility index (Phi) is 5.01. The number of aliphatic hydroxyl groups is 1. The lowest BCUT2D eigenvalue weighted by Gasteiger charge is -2.28. The predicted molar refractivity (Wildman–Crippen MR) is 71.4 cm³/mol. The van der Waals surface area contributed by atoms with Gasteiger partial charge in [-0.3, -0.25) is 9.78 Å². The number of thioether (sulfide) groups is 1. The van der Waals surface area contributed by atoms with Crippen molar-refractivity contribution in [3.8, 4) is 0 Å². The van der Waals surface area contributed by atoms with E-state index in [0.717, 1.165) is 30.6 Å². The van der Waals surface area contributed by atoms with Gasteiger partial charge in [-0.1, -0.05) is 12.8 Å². The standard InChI is InChI=1S/C13H18N2O2S/c16-12-4-2-1-3-11(12)15-13(17)9-18-10-5-7-14-8-6-10/h5-8,11-12,16H,1-4,9H2,(H,15,17). The first kappa shape index (κ1) is 13.4. The van der Waals surface area contributed by atoms with Crippen molar-refractivity contribution in [2.75, 3.05) is 5.75 Å².